The standard InChI is InChI=1S/C12H17BrN2O2/c1-5-10(12(16)17-4)6-7-15-9(3)11(13)8(2)14-15/h6H,5,7H2,1-4H3. The Morgan fingerprint density at radius 2 is 2.18 bits per heavy atom. The van der Waals surface area contributed by atoms with Crippen LogP contribution in [-0.4, -0.2) is 22.9 Å². The van der Waals surface area contributed by atoms with Crippen LogP contribution in [0, 0.1) is 13.8 Å². The molecule has 1 aromatic heterocycles. The molecule has 1 aromatic rings. The quantitative estimate of drug-likeness (QED) is 0.634. The molecule has 0 bridgehead atoms. The lowest BCUT2D eigenvalue weighted by Gasteiger charge is -2.04. The molecule has 0 aliphatic rings. The number of aromatic nitrogens is 2. The number of carbonyl (C=O) groups excluding carboxylic acids is 1. The average Bonchev–Trinajstić information content (AvgIpc) is 2.57. The first-order valence-electron chi connectivity index (χ1n) is 5.48. The van der Waals surface area contributed by atoms with Crippen LogP contribution >= 0.6 is 15.9 Å². The van der Waals surface area contributed by atoms with E-state index in [1.165, 1.54) is 7.11 Å². The monoisotopic (exact) mass is 300 g/mol. The molecule has 0 radical (unpaired) electrons. The van der Waals surface area contributed by atoms with Crippen molar-refractivity contribution in [1.29, 1.82) is 0 Å². The van der Waals surface area contributed by atoms with Crippen LogP contribution in [-0.2, 0) is 16.1 Å². The van der Waals surface area contributed by atoms with E-state index < -0.39 is 0 Å². The van der Waals surface area contributed by atoms with Crippen molar-refractivity contribution in [2.24, 2.45) is 0 Å². The van der Waals surface area contributed by atoms with E-state index in [-0.39, 0.29) is 5.97 Å². The van der Waals surface area contributed by atoms with Gasteiger partial charge in [0, 0.05) is 5.57 Å². The van der Waals surface area contributed by atoms with Crippen LogP contribution in [0.1, 0.15) is 24.7 Å². The predicted molar refractivity (Wildman–Crippen MR) is 69.8 cm³/mol. The van der Waals surface area contributed by atoms with Crippen LogP contribution < -0.4 is 0 Å². The summed E-state index contributed by atoms with van der Waals surface area (Å²) in [6, 6.07) is 0. The molecule has 4 nitrogen and oxygen atoms in total. The van der Waals surface area contributed by atoms with Gasteiger partial charge in [0.15, 0.2) is 0 Å². The molecule has 1 heterocycles. The van der Waals surface area contributed by atoms with Gasteiger partial charge >= 0.3 is 5.97 Å². The maximum absolute atomic E-state index is 11.4. The van der Waals surface area contributed by atoms with Crippen molar-refractivity contribution in [1.82, 2.24) is 9.78 Å². The molecular weight excluding hydrogens is 284 g/mol. The summed E-state index contributed by atoms with van der Waals surface area (Å²) in [5, 5.41) is 4.37. The van der Waals surface area contributed by atoms with E-state index in [0.717, 1.165) is 15.9 Å². The molecule has 0 N–H and O–H groups in total. The highest BCUT2D eigenvalue weighted by atomic mass is 79.9. The number of methoxy groups -OCH3 is 1. The van der Waals surface area contributed by atoms with E-state index >= 15 is 0 Å². The van der Waals surface area contributed by atoms with E-state index in [4.69, 9.17) is 4.74 Å². The Morgan fingerprint density at radius 3 is 2.59 bits per heavy atom. The van der Waals surface area contributed by atoms with Crippen molar-refractivity contribution in [3.05, 3.63) is 27.5 Å². The summed E-state index contributed by atoms with van der Waals surface area (Å²) >= 11 is 3.47. The van der Waals surface area contributed by atoms with Crippen LogP contribution in [0.25, 0.3) is 0 Å². The Kier molecular flexibility index (Phi) is 4.93. The number of allylic oxidation sites excluding steroid dienone is 1. The van der Waals surface area contributed by atoms with Gasteiger partial charge in [-0.05, 0) is 36.2 Å². The molecule has 0 saturated carbocycles. The Bertz CT molecular complexity index is 450. The molecule has 0 atom stereocenters. The normalized spacial score (nSPS) is 11.7. The Labute approximate surface area is 110 Å². The summed E-state index contributed by atoms with van der Waals surface area (Å²) in [7, 11) is 1.39. The number of hydrogen-bond acceptors (Lipinski definition) is 3. The van der Waals surface area contributed by atoms with E-state index in [0.29, 0.717) is 18.5 Å². The first-order valence-corrected chi connectivity index (χ1v) is 6.27. The topological polar surface area (TPSA) is 44.1 Å². The Balaban J connectivity index is 2.87. The summed E-state index contributed by atoms with van der Waals surface area (Å²) in [6.45, 7) is 6.44. The number of esters is 1. The third-order valence-electron chi connectivity index (χ3n) is 2.63. The fourth-order valence-electron chi connectivity index (χ4n) is 1.55. The van der Waals surface area contributed by atoms with Gasteiger partial charge in [-0.2, -0.15) is 5.10 Å². The lowest BCUT2D eigenvalue weighted by molar-refractivity contribution is -0.136. The van der Waals surface area contributed by atoms with Crippen LogP contribution in [0.4, 0.5) is 0 Å². The maximum atomic E-state index is 11.4. The smallest absolute Gasteiger partial charge is 0.333 e. The fourth-order valence-corrected chi connectivity index (χ4v) is 1.84. The van der Waals surface area contributed by atoms with Crippen molar-refractivity contribution in [3.8, 4) is 0 Å². The minimum atomic E-state index is -0.270. The average molecular weight is 301 g/mol. The summed E-state index contributed by atoms with van der Waals surface area (Å²) < 4.78 is 7.58. The Morgan fingerprint density at radius 1 is 1.53 bits per heavy atom. The molecule has 5 heteroatoms. The van der Waals surface area contributed by atoms with Gasteiger partial charge in [0.1, 0.15) is 0 Å². The molecule has 0 unspecified atom stereocenters. The van der Waals surface area contributed by atoms with Gasteiger partial charge in [-0.15, -0.1) is 0 Å². The first kappa shape index (κ1) is 14.0. The number of ether oxygens (including phenoxy) is 1. The summed E-state index contributed by atoms with van der Waals surface area (Å²) in [4.78, 5) is 11.4. The molecule has 1 rings (SSSR count). The van der Waals surface area contributed by atoms with Crippen LogP contribution in [0.15, 0.2) is 16.1 Å². The van der Waals surface area contributed by atoms with Gasteiger partial charge < -0.3 is 4.74 Å². The van der Waals surface area contributed by atoms with Gasteiger partial charge in [-0.3, -0.25) is 4.68 Å². The number of aryl methyl sites for hydroxylation is 1. The second-order valence-electron chi connectivity index (χ2n) is 3.74. The lowest BCUT2D eigenvalue weighted by Crippen LogP contribution is -2.07. The van der Waals surface area contributed by atoms with Crippen LogP contribution in [0.3, 0.4) is 0 Å². The minimum Gasteiger partial charge on any atom is -0.466 e. The molecule has 17 heavy (non-hydrogen) atoms. The molecule has 0 aromatic carbocycles. The molecule has 0 aliphatic heterocycles. The SMILES string of the molecule is CCC(=CCn1nc(C)c(Br)c1C)C(=O)OC. The molecule has 0 fully saturated rings. The maximum Gasteiger partial charge on any atom is 0.333 e. The van der Waals surface area contributed by atoms with Gasteiger partial charge in [0.25, 0.3) is 0 Å². The number of hydrogen-bond donors (Lipinski definition) is 0. The molecular formula is C12H17BrN2O2. The molecule has 0 amide bonds. The lowest BCUT2D eigenvalue weighted by atomic mass is 10.2. The van der Waals surface area contributed by atoms with Gasteiger partial charge in [-0.1, -0.05) is 13.0 Å². The number of carbonyl (C=O) groups is 1. The molecule has 0 spiro atoms. The van der Waals surface area contributed by atoms with Gasteiger partial charge in [0.2, 0.25) is 0 Å². The van der Waals surface area contributed by atoms with Crippen molar-refractivity contribution < 1.29 is 9.53 Å². The third kappa shape index (κ3) is 3.19. The van der Waals surface area contributed by atoms with E-state index in [1.807, 2.05) is 31.5 Å². The molecule has 0 saturated heterocycles. The highest BCUT2D eigenvalue weighted by Crippen LogP contribution is 2.19. The van der Waals surface area contributed by atoms with Crippen molar-refractivity contribution >= 4 is 21.9 Å². The zero-order chi connectivity index (χ0) is 13.0. The van der Waals surface area contributed by atoms with Crippen molar-refractivity contribution in [2.75, 3.05) is 7.11 Å². The summed E-state index contributed by atoms with van der Waals surface area (Å²) in [6.07, 6.45) is 2.52. The van der Waals surface area contributed by atoms with Crippen LogP contribution in [0.2, 0.25) is 0 Å². The number of nitrogens with zero attached hydrogens (tertiary/aromatic N) is 2. The van der Waals surface area contributed by atoms with E-state index in [2.05, 4.69) is 21.0 Å². The van der Waals surface area contributed by atoms with Crippen LogP contribution in [0.5, 0.6) is 0 Å². The van der Waals surface area contributed by atoms with Gasteiger partial charge in [-0.25, -0.2) is 4.79 Å². The number of rotatable bonds is 4. The zero-order valence-electron chi connectivity index (χ0n) is 10.6. The second-order valence-corrected chi connectivity index (χ2v) is 4.53. The van der Waals surface area contributed by atoms with E-state index in [9.17, 15) is 4.79 Å². The largest absolute Gasteiger partial charge is 0.466 e. The summed E-state index contributed by atoms with van der Waals surface area (Å²) in [5.41, 5.74) is 2.68. The first-order chi connectivity index (χ1) is 8.01. The highest BCUT2D eigenvalue weighted by Gasteiger charge is 2.09. The minimum absolute atomic E-state index is 0.270. The van der Waals surface area contributed by atoms with Gasteiger partial charge in [0.05, 0.1) is 29.5 Å². The Hall–Kier alpha value is -1.10. The van der Waals surface area contributed by atoms with Crippen molar-refractivity contribution in [3.63, 3.8) is 0 Å². The third-order valence-corrected chi connectivity index (χ3v) is 3.78. The molecule has 0 aliphatic carbocycles. The van der Waals surface area contributed by atoms with E-state index in [1.54, 1.807) is 0 Å². The molecule has 94 valence electrons. The zero-order valence-corrected chi connectivity index (χ0v) is 12.2. The second kappa shape index (κ2) is 6.00. The van der Waals surface area contributed by atoms with Crippen molar-refractivity contribution in [2.45, 2.75) is 33.7 Å². The fraction of sp³-hybridized carbons (Fsp3) is 0.500. The highest BCUT2D eigenvalue weighted by molar-refractivity contribution is 9.10. The summed E-state index contributed by atoms with van der Waals surface area (Å²) in [5.74, 6) is -0.270. The predicted octanol–water partition coefficient (Wildman–Crippen LogP) is 2.77. The number of halogens is 1.